The SMILES string of the molecule is Brc1nsc(C#Cc2ccccc2)c1I. The fourth-order valence-corrected chi connectivity index (χ4v) is 2.79. The molecule has 0 aliphatic rings. The van der Waals surface area contributed by atoms with E-state index >= 15 is 0 Å². The van der Waals surface area contributed by atoms with E-state index < -0.39 is 0 Å². The molecule has 2 rings (SSSR count). The zero-order valence-electron chi connectivity index (χ0n) is 7.50. The van der Waals surface area contributed by atoms with Crippen LogP contribution in [0.1, 0.15) is 10.4 Å². The number of nitrogens with zero attached hydrogens (tertiary/aromatic N) is 1. The van der Waals surface area contributed by atoms with Gasteiger partial charge in [-0.15, -0.1) is 0 Å². The number of rotatable bonds is 0. The van der Waals surface area contributed by atoms with E-state index in [0.29, 0.717) is 0 Å². The minimum Gasteiger partial charge on any atom is -0.183 e. The molecule has 0 saturated carbocycles. The van der Waals surface area contributed by atoms with Crippen molar-refractivity contribution in [1.29, 1.82) is 0 Å². The number of aromatic nitrogens is 1. The van der Waals surface area contributed by atoms with Crippen molar-refractivity contribution in [3.05, 3.63) is 48.9 Å². The van der Waals surface area contributed by atoms with E-state index in [1.807, 2.05) is 30.3 Å². The summed E-state index contributed by atoms with van der Waals surface area (Å²) >= 11 is 7.03. The van der Waals surface area contributed by atoms with Gasteiger partial charge in [-0.1, -0.05) is 24.1 Å². The third-order valence-corrected chi connectivity index (χ3v) is 5.42. The van der Waals surface area contributed by atoms with Crippen LogP contribution in [0.4, 0.5) is 0 Å². The van der Waals surface area contributed by atoms with Crippen molar-refractivity contribution in [2.45, 2.75) is 0 Å². The molecule has 0 bridgehead atoms. The van der Waals surface area contributed by atoms with Gasteiger partial charge < -0.3 is 0 Å². The first-order chi connectivity index (χ1) is 7.27. The predicted octanol–water partition coefficient (Wildman–Crippen LogP) is 3.91. The van der Waals surface area contributed by atoms with Crippen molar-refractivity contribution in [1.82, 2.24) is 4.37 Å². The second kappa shape index (κ2) is 5.10. The van der Waals surface area contributed by atoms with Gasteiger partial charge in [0.15, 0.2) is 0 Å². The second-order valence-corrected chi connectivity index (χ2v) is 5.34. The van der Waals surface area contributed by atoms with Crippen molar-refractivity contribution < 1.29 is 0 Å². The molecule has 0 N–H and O–H groups in total. The highest BCUT2D eigenvalue weighted by Gasteiger charge is 2.05. The number of halogens is 2. The Hall–Kier alpha value is -0.380. The molecule has 0 aliphatic carbocycles. The summed E-state index contributed by atoms with van der Waals surface area (Å²) < 4.78 is 6.14. The monoisotopic (exact) mass is 389 g/mol. The maximum absolute atomic E-state index is 4.18. The highest BCUT2D eigenvalue weighted by Crippen LogP contribution is 2.24. The van der Waals surface area contributed by atoms with Gasteiger partial charge in [0.25, 0.3) is 0 Å². The minimum atomic E-state index is 0.880. The van der Waals surface area contributed by atoms with Crippen LogP contribution >= 0.6 is 50.1 Å². The first kappa shape index (κ1) is 11.1. The Labute approximate surface area is 114 Å². The summed E-state index contributed by atoms with van der Waals surface area (Å²) in [5.41, 5.74) is 1.03. The zero-order valence-corrected chi connectivity index (χ0v) is 12.1. The molecule has 1 heterocycles. The van der Waals surface area contributed by atoms with E-state index in [4.69, 9.17) is 0 Å². The van der Waals surface area contributed by atoms with E-state index in [1.54, 1.807) is 0 Å². The van der Waals surface area contributed by atoms with Crippen LogP contribution in [0.2, 0.25) is 0 Å². The van der Waals surface area contributed by atoms with E-state index in [2.05, 4.69) is 54.7 Å². The van der Waals surface area contributed by atoms with Gasteiger partial charge in [-0.2, -0.15) is 4.37 Å². The highest BCUT2D eigenvalue weighted by atomic mass is 127. The van der Waals surface area contributed by atoms with E-state index in [1.165, 1.54) is 11.5 Å². The molecular formula is C11H5BrINS. The molecule has 2 aromatic rings. The summed E-state index contributed by atoms with van der Waals surface area (Å²) in [6.45, 7) is 0. The van der Waals surface area contributed by atoms with E-state index in [9.17, 15) is 0 Å². The topological polar surface area (TPSA) is 12.9 Å². The molecule has 74 valence electrons. The van der Waals surface area contributed by atoms with Crippen LogP contribution in [-0.4, -0.2) is 4.37 Å². The number of hydrogen-bond donors (Lipinski definition) is 0. The number of benzene rings is 1. The molecule has 0 aliphatic heterocycles. The lowest BCUT2D eigenvalue weighted by Crippen LogP contribution is -1.74. The Morgan fingerprint density at radius 3 is 2.53 bits per heavy atom. The van der Waals surface area contributed by atoms with Crippen molar-refractivity contribution in [3.8, 4) is 11.8 Å². The van der Waals surface area contributed by atoms with Crippen LogP contribution < -0.4 is 0 Å². The van der Waals surface area contributed by atoms with Gasteiger partial charge in [0.05, 0.1) is 3.57 Å². The number of hydrogen-bond acceptors (Lipinski definition) is 2. The molecule has 1 aromatic heterocycles. The van der Waals surface area contributed by atoms with Crippen molar-refractivity contribution >= 4 is 50.1 Å². The summed E-state index contributed by atoms with van der Waals surface area (Å²) in [6.07, 6.45) is 0. The lowest BCUT2D eigenvalue weighted by Gasteiger charge is -1.86. The third-order valence-electron chi connectivity index (χ3n) is 1.69. The first-order valence-electron chi connectivity index (χ1n) is 4.15. The minimum absolute atomic E-state index is 0.880. The lowest BCUT2D eigenvalue weighted by molar-refractivity contribution is 1.46. The maximum Gasteiger partial charge on any atom is 0.134 e. The quantitative estimate of drug-likeness (QED) is 0.491. The van der Waals surface area contributed by atoms with Crippen molar-refractivity contribution in [2.75, 3.05) is 0 Å². The molecule has 1 nitrogen and oxygen atoms in total. The fourth-order valence-electron chi connectivity index (χ4n) is 0.988. The van der Waals surface area contributed by atoms with Crippen LogP contribution in [0.3, 0.4) is 0 Å². The zero-order chi connectivity index (χ0) is 10.7. The molecule has 0 spiro atoms. The smallest absolute Gasteiger partial charge is 0.134 e. The van der Waals surface area contributed by atoms with E-state index in [-0.39, 0.29) is 0 Å². The molecule has 0 radical (unpaired) electrons. The highest BCUT2D eigenvalue weighted by molar-refractivity contribution is 14.1. The Morgan fingerprint density at radius 2 is 1.93 bits per heavy atom. The largest absolute Gasteiger partial charge is 0.183 e. The summed E-state index contributed by atoms with van der Waals surface area (Å²) in [5, 5.41) is 0. The molecule has 0 amide bonds. The molecule has 1 aromatic carbocycles. The van der Waals surface area contributed by atoms with Gasteiger partial charge in [0, 0.05) is 5.56 Å². The summed E-state index contributed by atoms with van der Waals surface area (Å²) in [5.74, 6) is 6.23. The molecule has 0 unspecified atom stereocenters. The second-order valence-electron chi connectivity index (χ2n) is 2.73. The summed E-state index contributed by atoms with van der Waals surface area (Å²) in [7, 11) is 0. The normalized spacial score (nSPS) is 9.47. The van der Waals surface area contributed by atoms with Gasteiger partial charge in [-0.05, 0) is 68.1 Å². The Bertz CT molecular complexity index is 525. The van der Waals surface area contributed by atoms with Crippen LogP contribution in [-0.2, 0) is 0 Å². The standard InChI is InChI=1S/C11H5BrINS/c12-11-10(13)9(15-14-11)7-6-8-4-2-1-3-5-8/h1-5H. The van der Waals surface area contributed by atoms with Gasteiger partial charge in [0.2, 0.25) is 0 Å². The molecular weight excluding hydrogens is 385 g/mol. The third kappa shape index (κ3) is 2.80. The molecule has 0 saturated heterocycles. The van der Waals surface area contributed by atoms with Crippen molar-refractivity contribution in [3.63, 3.8) is 0 Å². The fraction of sp³-hybridized carbons (Fsp3) is 0. The van der Waals surface area contributed by atoms with Crippen LogP contribution in [0.25, 0.3) is 0 Å². The maximum atomic E-state index is 4.18. The summed E-state index contributed by atoms with van der Waals surface area (Å²) in [6, 6.07) is 9.94. The van der Waals surface area contributed by atoms with Gasteiger partial charge in [-0.25, -0.2) is 0 Å². The Kier molecular flexibility index (Phi) is 3.78. The van der Waals surface area contributed by atoms with Gasteiger partial charge >= 0.3 is 0 Å². The first-order valence-corrected chi connectivity index (χ1v) is 6.79. The average Bonchev–Trinajstić information content (AvgIpc) is 2.59. The Balaban J connectivity index is 2.30. The summed E-state index contributed by atoms with van der Waals surface area (Å²) in [4.78, 5) is 1.01. The lowest BCUT2D eigenvalue weighted by atomic mass is 10.2. The molecule has 15 heavy (non-hydrogen) atoms. The predicted molar refractivity (Wildman–Crippen MR) is 75.0 cm³/mol. The average molecular weight is 390 g/mol. The van der Waals surface area contributed by atoms with Gasteiger partial charge in [-0.3, -0.25) is 0 Å². The van der Waals surface area contributed by atoms with Crippen molar-refractivity contribution in [2.24, 2.45) is 0 Å². The van der Waals surface area contributed by atoms with Gasteiger partial charge in [0.1, 0.15) is 9.48 Å². The molecule has 0 fully saturated rings. The van der Waals surface area contributed by atoms with E-state index in [0.717, 1.165) is 18.6 Å². The van der Waals surface area contributed by atoms with Crippen LogP contribution in [0.15, 0.2) is 34.9 Å². The van der Waals surface area contributed by atoms with Crippen LogP contribution in [0.5, 0.6) is 0 Å². The Morgan fingerprint density at radius 1 is 1.20 bits per heavy atom. The molecule has 4 heteroatoms. The van der Waals surface area contributed by atoms with Crippen LogP contribution in [0, 0.1) is 15.4 Å². The molecule has 0 atom stereocenters.